The topological polar surface area (TPSA) is 49.3 Å². The van der Waals surface area contributed by atoms with Crippen molar-refractivity contribution in [3.05, 3.63) is 35.4 Å². The number of aliphatic hydroxyl groups is 1. The van der Waals surface area contributed by atoms with E-state index < -0.39 is 11.6 Å². The molecule has 5 heteroatoms. The second-order valence-electron chi connectivity index (χ2n) is 6.25. The molecule has 1 aromatic carbocycles. The maximum atomic E-state index is 13.1. The number of aliphatic hydroxyl groups excluding tert-OH is 1. The number of halogens is 2. The summed E-state index contributed by atoms with van der Waals surface area (Å²) in [6.07, 6.45) is 1.03. The van der Waals surface area contributed by atoms with Crippen molar-refractivity contribution in [2.45, 2.75) is 46.1 Å². The monoisotopic (exact) mass is 299 g/mol. The molecule has 2 N–H and O–H groups in total. The van der Waals surface area contributed by atoms with Crippen LogP contribution in [0.15, 0.2) is 18.2 Å². The van der Waals surface area contributed by atoms with Crippen LogP contribution in [0.25, 0.3) is 0 Å². The number of carbonyl (C=O) groups excluding carboxylic acids is 1. The first-order valence-corrected chi connectivity index (χ1v) is 7.08. The summed E-state index contributed by atoms with van der Waals surface area (Å²) in [6, 6.07) is 3.52. The van der Waals surface area contributed by atoms with Crippen molar-refractivity contribution in [3.63, 3.8) is 0 Å². The average molecular weight is 299 g/mol. The highest BCUT2D eigenvalue weighted by Crippen LogP contribution is 2.21. The predicted octanol–water partition coefficient (Wildman–Crippen LogP) is 2.81. The third-order valence-corrected chi connectivity index (χ3v) is 3.42. The molecule has 0 bridgehead atoms. The van der Waals surface area contributed by atoms with Crippen LogP contribution in [0.5, 0.6) is 0 Å². The summed E-state index contributed by atoms with van der Waals surface area (Å²) in [7, 11) is 0. The molecule has 0 spiro atoms. The summed E-state index contributed by atoms with van der Waals surface area (Å²) >= 11 is 0. The van der Waals surface area contributed by atoms with E-state index in [1.165, 1.54) is 6.07 Å². The Balaban J connectivity index is 2.54. The molecule has 0 saturated carbocycles. The maximum absolute atomic E-state index is 13.1. The van der Waals surface area contributed by atoms with Gasteiger partial charge in [0.25, 0.3) is 0 Å². The number of rotatable bonds is 6. The van der Waals surface area contributed by atoms with Crippen molar-refractivity contribution in [2.24, 2.45) is 5.41 Å². The standard InChI is InChI=1S/C16H23F2NO2/c1-16(2,3)14(8-9-20)19-15(21)7-5-11-4-6-12(17)13(18)10-11/h4,6,10,14,20H,5,7-9H2,1-3H3,(H,19,21). The second kappa shape index (κ2) is 7.50. The minimum atomic E-state index is -0.902. The van der Waals surface area contributed by atoms with Gasteiger partial charge in [-0.15, -0.1) is 0 Å². The van der Waals surface area contributed by atoms with E-state index in [9.17, 15) is 13.6 Å². The van der Waals surface area contributed by atoms with Gasteiger partial charge in [-0.2, -0.15) is 0 Å². The van der Waals surface area contributed by atoms with Gasteiger partial charge >= 0.3 is 0 Å². The summed E-state index contributed by atoms with van der Waals surface area (Å²) in [4.78, 5) is 11.9. The first-order chi connectivity index (χ1) is 9.74. The lowest BCUT2D eigenvalue weighted by atomic mass is 9.85. The summed E-state index contributed by atoms with van der Waals surface area (Å²) < 4.78 is 25.9. The zero-order chi connectivity index (χ0) is 16.0. The van der Waals surface area contributed by atoms with Crippen molar-refractivity contribution in [1.82, 2.24) is 5.32 Å². The van der Waals surface area contributed by atoms with Gasteiger partial charge in [-0.25, -0.2) is 8.78 Å². The van der Waals surface area contributed by atoms with Crippen LogP contribution >= 0.6 is 0 Å². The molecular weight excluding hydrogens is 276 g/mol. The minimum absolute atomic E-state index is 0.00535. The van der Waals surface area contributed by atoms with E-state index in [0.29, 0.717) is 18.4 Å². The number of aryl methyl sites for hydroxylation is 1. The number of hydrogen-bond acceptors (Lipinski definition) is 2. The van der Waals surface area contributed by atoms with Crippen LogP contribution in [0.3, 0.4) is 0 Å². The van der Waals surface area contributed by atoms with Crippen molar-refractivity contribution in [2.75, 3.05) is 6.61 Å². The third-order valence-electron chi connectivity index (χ3n) is 3.42. The molecular formula is C16H23F2NO2. The molecule has 3 nitrogen and oxygen atoms in total. The Morgan fingerprint density at radius 1 is 1.29 bits per heavy atom. The van der Waals surface area contributed by atoms with Gasteiger partial charge in [0.15, 0.2) is 11.6 Å². The number of amides is 1. The molecule has 0 saturated heterocycles. The Labute approximate surface area is 124 Å². The molecule has 0 aliphatic rings. The molecule has 0 aromatic heterocycles. The van der Waals surface area contributed by atoms with E-state index in [0.717, 1.165) is 12.1 Å². The van der Waals surface area contributed by atoms with Gasteiger partial charge in [-0.05, 0) is 36.0 Å². The van der Waals surface area contributed by atoms with Crippen molar-refractivity contribution < 1.29 is 18.7 Å². The molecule has 1 atom stereocenters. The summed E-state index contributed by atoms with van der Waals surface area (Å²) in [6.45, 7) is 5.97. The van der Waals surface area contributed by atoms with E-state index in [-0.39, 0.29) is 30.4 Å². The molecule has 0 radical (unpaired) electrons. The lowest BCUT2D eigenvalue weighted by Gasteiger charge is -2.31. The largest absolute Gasteiger partial charge is 0.396 e. The highest BCUT2D eigenvalue weighted by Gasteiger charge is 2.25. The Morgan fingerprint density at radius 2 is 1.95 bits per heavy atom. The van der Waals surface area contributed by atoms with E-state index >= 15 is 0 Å². The van der Waals surface area contributed by atoms with Crippen LogP contribution in [0, 0.1) is 17.0 Å². The Hall–Kier alpha value is -1.49. The molecule has 1 unspecified atom stereocenters. The van der Waals surface area contributed by atoms with Crippen LogP contribution < -0.4 is 5.32 Å². The first-order valence-electron chi connectivity index (χ1n) is 7.08. The number of benzene rings is 1. The van der Waals surface area contributed by atoms with Gasteiger partial charge in [-0.3, -0.25) is 4.79 Å². The molecule has 0 aliphatic heterocycles. The second-order valence-corrected chi connectivity index (χ2v) is 6.25. The zero-order valence-corrected chi connectivity index (χ0v) is 12.7. The third kappa shape index (κ3) is 5.79. The van der Waals surface area contributed by atoms with Gasteiger partial charge in [-0.1, -0.05) is 26.8 Å². The van der Waals surface area contributed by atoms with Gasteiger partial charge < -0.3 is 10.4 Å². The summed E-state index contributed by atoms with van der Waals surface area (Å²) in [5.41, 5.74) is 0.430. The Bertz CT molecular complexity index is 484. The Morgan fingerprint density at radius 3 is 2.48 bits per heavy atom. The van der Waals surface area contributed by atoms with E-state index in [2.05, 4.69) is 5.32 Å². The fourth-order valence-corrected chi connectivity index (χ4v) is 2.07. The highest BCUT2D eigenvalue weighted by molar-refractivity contribution is 5.76. The quantitative estimate of drug-likeness (QED) is 0.848. The molecule has 0 fully saturated rings. The molecule has 1 aromatic rings. The summed E-state index contributed by atoms with van der Waals surface area (Å²) in [5.74, 6) is -1.95. The Kier molecular flexibility index (Phi) is 6.27. The predicted molar refractivity (Wildman–Crippen MR) is 77.8 cm³/mol. The number of nitrogens with one attached hydrogen (secondary N) is 1. The number of hydrogen-bond donors (Lipinski definition) is 2. The first kappa shape index (κ1) is 17.6. The average Bonchev–Trinajstić information content (AvgIpc) is 2.38. The zero-order valence-electron chi connectivity index (χ0n) is 12.7. The smallest absolute Gasteiger partial charge is 0.220 e. The van der Waals surface area contributed by atoms with Crippen molar-refractivity contribution >= 4 is 5.91 Å². The fraction of sp³-hybridized carbons (Fsp3) is 0.562. The highest BCUT2D eigenvalue weighted by atomic mass is 19.2. The van der Waals surface area contributed by atoms with Crippen molar-refractivity contribution in [1.29, 1.82) is 0 Å². The number of carbonyl (C=O) groups is 1. The molecule has 0 heterocycles. The van der Waals surface area contributed by atoms with E-state index in [1.54, 1.807) is 0 Å². The van der Waals surface area contributed by atoms with Crippen LogP contribution in [-0.4, -0.2) is 23.7 Å². The van der Waals surface area contributed by atoms with Crippen LogP contribution in [0.2, 0.25) is 0 Å². The fourth-order valence-electron chi connectivity index (χ4n) is 2.07. The van der Waals surface area contributed by atoms with Crippen molar-refractivity contribution in [3.8, 4) is 0 Å². The van der Waals surface area contributed by atoms with E-state index in [4.69, 9.17) is 5.11 Å². The van der Waals surface area contributed by atoms with Gasteiger partial charge in [0, 0.05) is 19.1 Å². The van der Waals surface area contributed by atoms with Crippen LogP contribution in [-0.2, 0) is 11.2 Å². The van der Waals surface area contributed by atoms with E-state index in [1.807, 2.05) is 20.8 Å². The lowest BCUT2D eigenvalue weighted by Crippen LogP contribution is -2.44. The van der Waals surface area contributed by atoms with Gasteiger partial charge in [0.05, 0.1) is 0 Å². The lowest BCUT2D eigenvalue weighted by molar-refractivity contribution is -0.122. The molecule has 118 valence electrons. The van der Waals surface area contributed by atoms with Gasteiger partial charge in [0.2, 0.25) is 5.91 Å². The van der Waals surface area contributed by atoms with Crippen LogP contribution in [0.1, 0.15) is 39.2 Å². The molecule has 0 aliphatic carbocycles. The van der Waals surface area contributed by atoms with Gasteiger partial charge in [0.1, 0.15) is 0 Å². The molecule has 1 rings (SSSR count). The molecule has 1 amide bonds. The normalized spacial score (nSPS) is 13.0. The summed E-state index contributed by atoms with van der Waals surface area (Å²) in [5, 5.41) is 11.9. The van der Waals surface area contributed by atoms with Crippen LogP contribution in [0.4, 0.5) is 8.78 Å². The minimum Gasteiger partial charge on any atom is -0.396 e. The molecule has 21 heavy (non-hydrogen) atoms. The SMILES string of the molecule is CC(C)(C)C(CCO)NC(=O)CCc1ccc(F)c(F)c1. The maximum Gasteiger partial charge on any atom is 0.220 e.